The number of carbonyl (C=O) groups is 2. The lowest BCUT2D eigenvalue weighted by Gasteiger charge is -2.21. The number of carbonyl (C=O) groups excluding carboxylic acids is 2. The maximum absolute atomic E-state index is 13.0. The second kappa shape index (κ2) is 9.32. The van der Waals surface area contributed by atoms with Crippen LogP contribution < -0.4 is 14.8 Å². The van der Waals surface area contributed by atoms with E-state index in [9.17, 15) is 9.59 Å². The summed E-state index contributed by atoms with van der Waals surface area (Å²) in [5.74, 6) is 1.55. The Morgan fingerprint density at radius 3 is 2.78 bits per heavy atom. The van der Waals surface area contributed by atoms with Gasteiger partial charge in [-0.05, 0) is 35.9 Å². The zero-order valence-electron chi connectivity index (χ0n) is 18.0. The van der Waals surface area contributed by atoms with E-state index in [0.717, 1.165) is 11.3 Å². The summed E-state index contributed by atoms with van der Waals surface area (Å²) in [7, 11) is 4.88. The van der Waals surface area contributed by atoms with Gasteiger partial charge in [-0.15, -0.1) is 0 Å². The fourth-order valence-electron chi connectivity index (χ4n) is 3.45. The topological polar surface area (TPSA) is 80.8 Å². The molecule has 1 aliphatic carbocycles. The molecule has 0 bridgehead atoms. The summed E-state index contributed by atoms with van der Waals surface area (Å²) in [6.07, 6.45) is 8.89. The maximum atomic E-state index is 13.0. The lowest BCUT2D eigenvalue weighted by atomic mass is 10.0. The van der Waals surface area contributed by atoms with Crippen molar-refractivity contribution in [2.24, 2.45) is 0 Å². The summed E-state index contributed by atoms with van der Waals surface area (Å²) in [5.41, 5.74) is 2.11. The third-order valence-electron chi connectivity index (χ3n) is 5.17. The van der Waals surface area contributed by atoms with Gasteiger partial charge in [0.25, 0.3) is 5.91 Å². The standard InChI is InChI=1S/C24H22N2O5S/c1-26-18-13-16(23(27)25-14-17-5-4-10-31-17)7-9-21(18)32-22(24(26)28)12-15-6-8-19(29-2)20(11-15)30-3/h4-13,21H,14H2,1-3H3/p+1/b22-12-. The van der Waals surface area contributed by atoms with Crippen LogP contribution in [-0.4, -0.2) is 48.6 Å². The molecule has 32 heavy (non-hydrogen) atoms. The summed E-state index contributed by atoms with van der Waals surface area (Å²) in [4.78, 5) is 26.2. The Kier molecular flexibility index (Phi) is 6.32. The van der Waals surface area contributed by atoms with Gasteiger partial charge in [-0.25, -0.2) is 4.79 Å². The van der Waals surface area contributed by atoms with Gasteiger partial charge < -0.3 is 19.2 Å². The number of benzene rings is 1. The Labute approximate surface area is 190 Å². The Hall–Kier alpha value is -3.52. The normalized spacial score (nSPS) is 19.0. The van der Waals surface area contributed by atoms with Gasteiger partial charge in [0.2, 0.25) is 5.71 Å². The molecule has 2 aliphatic rings. The summed E-state index contributed by atoms with van der Waals surface area (Å²) in [6, 6.07) is 9.08. The first-order valence-electron chi connectivity index (χ1n) is 9.96. The average molecular weight is 452 g/mol. The van der Waals surface area contributed by atoms with Crippen molar-refractivity contribution in [1.82, 2.24) is 5.32 Å². The van der Waals surface area contributed by atoms with Gasteiger partial charge in [0, 0.05) is 11.6 Å². The molecule has 8 heteroatoms. The second-order valence-corrected chi connectivity index (χ2v) is 8.35. The van der Waals surface area contributed by atoms with Gasteiger partial charge in [0.1, 0.15) is 23.0 Å². The molecule has 1 aliphatic heterocycles. The molecular weight excluding hydrogens is 428 g/mol. The Balaban J connectivity index is 1.55. The number of allylic oxidation sites excluding steroid dienone is 1. The Morgan fingerprint density at radius 1 is 1.25 bits per heavy atom. The summed E-state index contributed by atoms with van der Waals surface area (Å²) >= 11 is 1.45. The number of likely N-dealkylation sites (N-methyl/N-ethyl adjacent to an activating group) is 1. The predicted octanol–water partition coefficient (Wildman–Crippen LogP) is 3.18. The maximum Gasteiger partial charge on any atom is 0.425 e. The van der Waals surface area contributed by atoms with E-state index < -0.39 is 0 Å². The van der Waals surface area contributed by atoms with E-state index in [4.69, 9.17) is 13.9 Å². The van der Waals surface area contributed by atoms with Crippen LogP contribution in [0.15, 0.2) is 69.7 Å². The van der Waals surface area contributed by atoms with Crippen molar-refractivity contribution >= 4 is 35.4 Å². The first-order chi connectivity index (χ1) is 15.5. The van der Waals surface area contributed by atoms with Crippen molar-refractivity contribution in [3.63, 3.8) is 0 Å². The molecule has 164 valence electrons. The van der Waals surface area contributed by atoms with Crippen molar-refractivity contribution in [1.29, 1.82) is 0 Å². The van der Waals surface area contributed by atoms with Gasteiger partial charge in [-0.1, -0.05) is 30.0 Å². The number of fused-ring (bicyclic) bond motifs is 1. The number of furan rings is 1. The van der Waals surface area contributed by atoms with E-state index >= 15 is 0 Å². The molecule has 0 fully saturated rings. The smallest absolute Gasteiger partial charge is 0.425 e. The van der Waals surface area contributed by atoms with Crippen LogP contribution >= 0.6 is 11.8 Å². The van der Waals surface area contributed by atoms with Crippen LogP contribution in [0.4, 0.5) is 0 Å². The minimum absolute atomic E-state index is 0.0642. The molecule has 1 aromatic heterocycles. The SMILES string of the molecule is COc1ccc(/C=C2\SC3C=CC(C(=O)NCc4ccco4)=CC3=[N+](C)C2=O)cc1OC. The zero-order chi connectivity index (χ0) is 22.7. The molecule has 2 aromatic rings. The molecule has 2 amide bonds. The monoisotopic (exact) mass is 451 g/mol. The van der Waals surface area contributed by atoms with Crippen LogP contribution in [0.25, 0.3) is 6.08 Å². The number of hydrogen-bond donors (Lipinski definition) is 1. The molecular formula is C24H23N2O5S+. The highest BCUT2D eigenvalue weighted by Gasteiger charge is 2.38. The van der Waals surface area contributed by atoms with E-state index in [2.05, 4.69) is 5.32 Å². The van der Waals surface area contributed by atoms with E-state index in [1.807, 2.05) is 24.3 Å². The number of rotatable bonds is 6. The van der Waals surface area contributed by atoms with Crippen LogP contribution in [0.3, 0.4) is 0 Å². The van der Waals surface area contributed by atoms with E-state index in [1.54, 1.807) is 62.5 Å². The van der Waals surface area contributed by atoms with Crippen molar-refractivity contribution in [2.45, 2.75) is 11.8 Å². The number of ether oxygens (including phenoxy) is 2. The first-order valence-corrected chi connectivity index (χ1v) is 10.8. The van der Waals surface area contributed by atoms with Gasteiger partial charge in [0.05, 0.1) is 27.0 Å². The quantitative estimate of drug-likeness (QED) is 0.537. The van der Waals surface area contributed by atoms with Gasteiger partial charge in [-0.2, -0.15) is 4.58 Å². The molecule has 1 atom stereocenters. The number of amides is 2. The number of thioether (sulfide) groups is 1. The van der Waals surface area contributed by atoms with Crippen LogP contribution in [0.2, 0.25) is 0 Å². The summed E-state index contributed by atoms with van der Waals surface area (Å²) in [5, 5.41) is 2.76. The summed E-state index contributed by atoms with van der Waals surface area (Å²) < 4.78 is 17.5. The number of methoxy groups -OCH3 is 2. The minimum Gasteiger partial charge on any atom is -0.493 e. The fraction of sp³-hybridized carbons (Fsp3) is 0.208. The van der Waals surface area contributed by atoms with Gasteiger partial charge in [0.15, 0.2) is 11.5 Å². The molecule has 4 rings (SSSR count). The third-order valence-corrected chi connectivity index (χ3v) is 6.37. The molecule has 0 saturated carbocycles. The van der Waals surface area contributed by atoms with Crippen molar-refractivity contribution in [2.75, 3.05) is 21.3 Å². The predicted molar refractivity (Wildman–Crippen MR) is 123 cm³/mol. The lowest BCUT2D eigenvalue weighted by Crippen LogP contribution is -2.37. The average Bonchev–Trinajstić information content (AvgIpc) is 3.34. The molecule has 1 unspecified atom stereocenters. The minimum atomic E-state index is -0.221. The molecule has 2 heterocycles. The first kappa shape index (κ1) is 21.7. The highest BCUT2D eigenvalue weighted by molar-refractivity contribution is 8.05. The second-order valence-electron chi connectivity index (χ2n) is 7.17. The highest BCUT2D eigenvalue weighted by atomic mass is 32.2. The number of nitrogens with zero attached hydrogens (tertiary/aromatic N) is 1. The molecule has 0 saturated heterocycles. The van der Waals surface area contributed by atoms with Crippen LogP contribution in [-0.2, 0) is 16.1 Å². The van der Waals surface area contributed by atoms with E-state index in [-0.39, 0.29) is 17.1 Å². The van der Waals surface area contributed by atoms with Gasteiger partial charge in [-0.3, -0.25) is 4.79 Å². The molecule has 0 spiro atoms. The fourth-order valence-corrected chi connectivity index (χ4v) is 4.67. The van der Waals surface area contributed by atoms with E-state index in [1.165, 1.54) is 11.8 Å². The molecule has 1 N–H and O–H groups in total. The number of hydrogen-bond acceptors (Lipinski definition) is 6. The lowest BCUT2D eigenvalue weighted by molar-refractivity contribution is -0.413. The largest absolute Gasteiger partial charge is 0.493 e. The Morgan fingerprint density at radius 2 is 2.06 bits per heavy atom. The van der Waals surface area contributed by atoms with Crippen molar-refractivity contribution in [3.05, 3.63) is 76.6 Å². The van der Waals surface area contributed by atoms with Crippen molar-refractivity contribution in [3.8, 4) is 11.5 Å². The Bertz CT molecular complexity index is 1180. The number of nitrogens with one attached hydrogen (secondary N) is 1. The molecule has 7 nitrogen and oxygen atoms in total. The van der Waals surface area contributed by atoms with Crippen LogP contribution in [0, 0.1) is 0 Å². The molecule has 1 aromatic carbocycles. The zero-order valence-corrected chi connectivity index (χ0v) is 18.8. The van der Waals surface area contributed by atoms with Crippen molar-refractivity contribution < 1.29 is 28.1 Å². The summed E-state index contributed by atoms with van der Waals surface area (Å²) in [6.45, 7) is 0.303. The third kappa shape index (κ3) is 4.40. The molecule has 0 radical (unpaired) electrons. The van der Waals surface area contributed by atoms with E-state index in [0.29, 0.717) is 34.3 Å². The van der Waals surface area contributed by atoms with Crippen LogP contribution in [0.5, 0.6) is 11.5 Å². The highest BCUT2D eigenvalue weighted by Crippen LogP contribution is 2.35. The van der Waals surface area contributed by atoms with Crippen LogP contribution in [0.1, 0.15) is 11.3 Å². The van der Waals surface area contributed by atoms with Gasteiger partial charge >= 0.3 is 5.91 Å².